The van der Waals surface area contributed by atoms with Crippen LogP contribution in [0, 0.1) is 0 Å². The Hall–Kier alpha value is -2.25. The number of amides is 2. The molecule has 1 aromatic carbocycles. The third-order valence-electron chi connectivity index (χ3n) is 3.74. The fourth-order valence-electron chi connectivity index (χ4n) is 2.50. The van der Waals surface area contributed by atoms with E-state index in [4.69, 9.17) is 5.73 Å². The molecule has 2 aromatic rings. The fraction of sp³-hybridized carbons (Fsp3) is 0.312. The van der Waals surface area contributed by atoms with Crippen LogP contribution < -0.4 is 11.1 Å². The second-order valence-electron chi connectivity index (χ2n) is 5.36. The molecule has 3 N–H and O–H groups in total. The molecule has 7 heteroatoms. The molecule has 1 aliphatic rings. The van der Waals surface area contributed by atoms with E-state index >= 15 is 0 Å². The van der Waals surface area contributed by atoms with Crippen molar-refractivity contribution in [2.24, 2.45) is 5.73 Å². The molecule has 120 valence electrons. The van der Waals surface area contributed by atoms with Crippen LogP contribution in [0.2, 0.25) is 0 Å². The summed E-state index contributed by atoms with van der Waals surface area (Å²) in [6, 6.07) is 6.94. The van der Waals surface area contributed by atoms with E-state index in [1.54, 1.807) is 29.6 Å². The van der Waals surface area contributed by atoms with Crippen LogP contribution in [0.15, 0.2) is 29.6 Å². The van der Waals surface area contributed by atoms with Gasteiger partial charge >= 0.3 is 0 Å². The van der Waals surface area contributed by atoms with Gasteiger partial charge in [0.05, 0.1) is 0 Å². The molecule has 1 aromatic heterocycles. The average molecular weight is 330 g/mol. The Bertz CT molecular complexity index is 705. The zero-order chi connectivity index (χ0) is 16.2. The van der Waals surface area contributed by atoms with E-state index in [1.165, 1.54) is 11.3 Å². The SMILES string of the molecule is NCc1nc(C(=O)Nc2ccc(C(=O)N3CCCC3)cc2)cs1. The van der Waals surface area contributed by atoms with Gasteiger partial charge in [0.2, 0.25) is 0 Å². The van der Waals surface area contributed by atoms with E-state index in [9.17, 15) is 9.59 Å². The molecule has 0 saturated carbocycles. The van der Waals surface area contributed by atoms with E-state index in [-0.39, 0.29) is 11.8 Å². The van der Waals surface area contributed by atoms with Crippen LogP contribution in [0.5, 0.6) is 0 Å². The van der Waals surface area contributed by atoms with Crippen LogP contribution in [0.25, 0.3) is 0 Å². The lowest BCUT2D eigenvalue weighted by molar-refractivity contribution is 0.0792. The Morgan fingerprint density at radius 3 is 2.52 bits per heavy atom. The Morgan fingerprint density at radius 1 is 1.22 bits per heavy atom. The summed E-state index contributed by atoms with van der Waals surface area (Å²) in [7, 11) is 0. The Morgan fingerprint density at radius 2 is 1.91 bits per heavy atom. The van der Waals surface area contributed by atoms with Crippen LogP contribution >= 0.6 is 11.3 Å². The first-order valence-electron chi connectivity index (χ1n) is 7.52. The van der Waals surface area contributed by atoms with Crippen LogP contribution in [0.3, 0.4) is 0 Å². The molecule has 0 spiro atoms. The van der Waals surface area contributed by atoms with Crippen molar-refractivity contribution < 1.29 is 9.59 Å². The third kappa shape index (κ3) is 3.57. The minimum Gasteiger partial charge on any atom is -0.339 e. The van der Waals surface area contributed by atoms with Gasteiger partial charge in [0.15, 0.2) is 0 Å². The van der Waals surface area contributed by atoms with Gasteiger partial charge in [-0.3, -0.25) is 9.59 Å². The van der Waals surface area contributed by atoms with E-state index in [0.29, 0.717) is 23.5 Å². The van der Waals surface area contributed by atoms with Gasteiger partial charge in [-0.05, 0) is 37.1 Å². The molecule has 1 saturated heterocycles. The molecule has 0 bridgehead atoms. The maximum atomic E-state index is 12.3. The number of carbonyl (C=O) groups is 2. The number of aromatic nitrogens is 1. The smallest absolute Gasteiger partial charge is 0.275 e. The maximum Gasteiger partial charge on any atom is 0.275 e. The van der Waals surface area contributed by atoms with E-state index in [2.05, 4.69) is 10.3 Å². The predicted molar refractivity (Wildman–Crippen MR) is 89.5 cm³/mol. The third-order valence-corrected chi connectivity index (χ3v) is 4.61. The highest BCUT2D eigenvalue weighted by Gasteiger charge is 2.19. The van der Waals surface area contributed by atoms with Gasteiger partial charge < -0.3 is 16.0 Å². The second-order valence-corrected chi connectivity index (χ2v) is 6.30. The van der Waals surface area contributed by atoms with Crippen LogP contribution in [0.1, 0.15) is 38.7 Å². The molecular weight excluding hydrogens is 312 g/mol. The highest BCUT2D eigenvalue weighted by molar-refractivity contribution is 7.09. The number of nitrogens with two attached hydrogens (primary N) is 1. The first kappa shape index (κ1) is 15.6. The number of rotatable bonds is 4. The summed E-state index contributed by atoms with van der Waals surface area (Å²) in [5.41, 5.74) is 7.12. The van der Waals surface area contributed by atoms with Crippen molar-refractivity contribution in [2.45, 2.75) is 19.4 Å². The molecule has 2 heterocycles. The number of hydrogen-bond acceptors (Lipinski definition) is 5. The van der Waals surface area contributed by atoms with Crippen molar-refractivity contribution in [1.29, 1.82) is 0 Å². The van der Waals surface area contributed by atoms with Gasteiger partial charge in [-0.25, -0.2) is 4.98 Å². The summed E-state index contributed by atoms with van der Waals surface area (Å²) >= 11 is 1.36. The first-order valence-corrected chi connectivity index (χ1v) is 8.40. The molecular formula is C16H18N4O2S. The molecule has 0 unspecified atom stereocenters. The number of thiazole rings is 1. The predicted octanol–water partition coefficient (Wildman–Crippen LogP) is 2.09. The summed E-state index contributed by atoms with van der Waals surface area (Å²) in [5, 5.41) is 5.18. The number of hydrogen-bond donors (Lipinski definition) is 2. The lowest BCUT2D eigenvalue weighted by atomic mass is 10.2. The number of nitrogens with zero attached hydrogens (tertiary/aromatic N) is 2. The summed E-state index contributed by atoms with van der Waals surface area (Å²) in [6.07, 6.45) is 2.14. The van der Waals surface area contributed by atoms with Crippen molar-refractivity contribution in [3.05, 3.63) is 45.9 Å². The summed E-state index contributed by atoms with van der Waals surface area (Å²) < 4.78 is 0. The van der Waals surface area contributed by atoms with Gasteiger partial charge in [0.25, 0.3) is 11.8 Å². The quantitative estimate of drug-likeness (QED) is 0.898. The topological polar surface area (TPSA) is 88.3 Å². The van der Waals surface area contributed by atoms with Gasteiger partial charge in [-0.1, -0.05) is 0 Å². The van der Waals surface area contributed by atoms with E-state index in [0.717, 1.165) is 30.9 Å². The monoisotopic (exact) mass is 330 g/mol. The molecule has 0 radical (unpaired) electrons. The highest BCUT2D eigenvalue weighted by atomic mass is 32.1. The zero-order valence-corrected chi connectivity index (χ0v) is 13.4. The highest BCUT2D eigenvalue weighted by Crippen LogP contribution is 2.16. The van der Waals surface area contributed by atoms with Crippen LogP contribution in [-0.2, 0) is 6.54 Å². The van der Waals surface area contributed by atoms with E-state index < -0.39 is 0 Å². The van der Waals surface area contributed by atoms with Gasteiger partial charge in [0.1, 0.15) is 10.7 Å². The number of benzene rings is 1. The fourth-order valence-corrected chi connectivity index (χ4v) is 3.16. The lowest BCUT2D eigenvalue weighted by Crippen LogP contribution is -2.27. The summed E-state index contributed by atoms with van der Waals surface area (Å²) in [6.45, 7) is 1.97. The van der Waals surface area contributed by atoms with Crippen molar-refractivity contribution in [3.63, 3.8) is 0 Å². The molecule has 2 amide bonds. The molecule has 6 nitrogen and oxygen atoms in total. The molecule has 1 aliphatic heterocycles. The molecule has 0 aliphatic carbocycles. The standard InChI is InChI=1S/C16H18N4O2S/c17-9-14-19-13(10-23-14)15(21)18-12-5-3-11(4-6-12)16(22)20-7-1-2-8-20/h3-6,10H,1-2,7-9,17H2,(H,18,21). The minimum absolute atomic E-state index is 0.0486. The zero-order valence-electron chi connectivity index (χ0n) is 12.6. The number of carbonyl (C=O) groups excluding carboxylic acids is 2. The maximum absolute atomic E-state index is 12.3. The van der Waals surface area contributed by atoms with Crippen molar-refractivity contribution in [1.82, 2.24) is 9.88 Å². The Labute approximate surface area is 138 Å². The van der Waals surface area contributed by atoms with Gasteiger partial charge in [0, 0.05) is 36.3 Å². The minimum atomic E-state index is -0.278. The normalized spacial score (nSPS) is 14.0. The largest absolute Gasteiger partial charge is 0.339 e. The van der Waals surface area contributed by atoms with Crippen LogP contribution in [-0.4, -0.2) is 34.8 Å². The second kappa shape index (κ2) is 6.89. The number of nitrogens with one attached hydrogen (secondary N) is 1. The summed E-state index contributed by atoms with van der Waals surface area (Å²) in [4.78, 5) is 30.3. The number of anilines is 1. The average Bonchev–Trinajstić information content (AvgIpc) is 3.26. The Kier molecular flexibility index (Phi) is 4.68. The van der Waals surface area contributed by atoms with Crippen molar-refractivity contribution in [2.75, 3.05) is 18.4 Å². The van der Waals surface area contributed by atoms with Crippen molar-refractivity contribution >= 4 is 28.8 Å². The number of likely N-dealkylation sites (tertiary alicyclic amines) is 1. The molecule has 3 rings (SSSR count). The van der Waals surface area contributed by atoms with Gasteiger partial charge in [-0.15, -0.1) is 11.3 Å². The lowest BCUT2D eigenvalue weighted by Gasteiger charge is -2.15. The molecule has 23 heavy (non-hydrogen) atoms. The van der Waals surface area contributed by atoms with E-state index in [1.807, 2.05) is 4.90 Å². The summed E-state index contributed by atoms with van der Waals surface area (Å²) in [5.74, 6) is -0.230. The molecule has 1 fully saturated rings. The molecule has 0 atom stereocenters. The van der Waals surface area contributed by atoms with Crippen LogP contribution in [0.4, 0.5) is 5.69 Å². The Balaban J connectivity index is 1.65. The first-order chi connectivity index (χ1) is 11.2. The van der Waals surface area contributed by atoms with Crippen molar-refractivity contribution in [3.8, 4) is 0 Å². The van der Waals surface area contributed by atoms with Gasteiger partial charge in [-0.2, -0.15) is 0 Å².